The summed E-state index contributed by atoms with van der Waals surface area (Å²) >= 11 is 0. The van der Waals surface area contributed by atoms with Crippen LogP contribution in [-0.4, -0.2) is 34.4 Å². The van der Waals surface area contributed by atoms with Gasteiger partial charge >= 0.3 is 12.2 Å². The van der Waals surface area contributed by atoms with Gasteiger partial charge in [-0.2, -0.15) is 0 Å². The molecule has 8 nitrogen and oxygen atoms in total. The van der Waals surface area contributed by atoms with Crippen LogP contribution in [0, 0.1) is 0 Å². The molecule has 0 spiro atoms. The molecule has 0 atom stereocenters. The number of carbonyl (C=O) groups is 2. The van der Waals surface area contributed by atoms with E-state index < -0.39 is 17.8 Å². The third kappa shape index (κ3) is 6.76. The van der Waals surface area contributed by atoms with Crippen molar-refractivity contribution in [2.45, 2.75) is 32.8 Å². The van der Waals surface area contributed by atoms with Gasteiger partial charge in [-0.1, -0.05) is 0 Å². The Labute approximate surface area is 151 Å². The van der Waals surface area contributed by atoms with Crippen molar-refractivity contribution < 1.29 is 19.1 Å². The summed E-state index contributed by atoms with van der Waals surface area (Å²) in [5, 5.41) is 5.23. The second kappa shape index (κ2) is 8.80. The number of anilines is 2. The first-order valence-corrected chi connectivity index (χ1v) is 8.10. The molecule has 0 bridgehead atoms. The summed E-state index contributed by atoms with van der Waals surface area (Å²) in [6, 6.07) is 5.16. The normalized spacial score (nSPS) is 10.7. The van der Waals surface area contributed by atoms with Gasteiger partial charge < -0.3 is 9.47 Å². The summed E-state index contributed by atoms with van der Waals surface area (Å²) in [5.74, 6) is 0. The van der Waals surface area contributed by atoms with E-state index in [0.29, 0.717) is 17.8 Å². The first-order valence-electron chi connectivity index (χ1n) is 8.10. The largest absolute Gasteiger partial charge is 0.449 e. The zero-order valence-electron chi connectivity index (χ0n) is 15.0. The zero-order chi connectivity index (χ0) is 19.0. The smallest absolute Gasteiger partial charge is 0.412 e. The lowest BCUT2D eigenvalue weighted by Gasteiger charge is -2.20. The van der Waals surface area contributed by atoms with E-state index in [0.717, 1.165) is 5.56 Å². The van der Waals surface area contributed by atoms with Crippen LogP contribution in [0.25, 0.3) is 0 Å². The molecular formula is C18H22N4O4. The predicted molar refractivity (Wildman–Crippen MR) is 97.0 cm³/mol. The fourth-order valence-corrected chi connectivity index (χ4v) is 2.01. The average Bonchev–Trinajstić information content (AvgIpc) is 2.55. The number of ether oxygens (including phenoxy) is 2. The molecule has 2 aromatic heterocycles. The Morgan fingerprint density at radius 1 is 1.04 bits per heavy atom. The van der Waals surface area contributed by atoms with E-state index in [4.69, 9.17) is 9.47 Å². The van der Waals surface area contributed by atoms with Crippen LogP contribution < -0.4 is 10.6 Å². The van der Waals surface area contributed by atoms with Crippen molar-refractivity contribution in [3.63, 3.8) is 0 Å². The molecule has 2 rings (SSSR count). The number of pyridine rings is 2. The minimum Gasteiger partial charge on any atom is -0.449 e. The Kier molecular flexibility index (Phi) is 6.48. The van der Waals surface area contributed by atoms with Gasteiger partial charge in [-0.3, -0.25) is 20.6 Å². The van der Waals surface area contributed by atoms with Gasteiger partial charge in [0.25, 0.3) is 0 Å². The van der Waals surface area contributed by atoms with Crippen LogP contribution in [0.5, 0.6) is 0 Å². The number of nitrogens with one attached hydrogen (secondary N) is 2. The van der Waals surface area contributed by atoms with Crippen LogP contribution >= 0.6 is 0 Å². The van der Waals surface area contributed by atoms with Gasteiger partial charge in [0.1, 0.15) is 5.60 Å². The highest BCUT2D eigenvalue weighted by atomic mass is 16.6. The van der Waals surface area contributed by atoms with Gasteiger partial charge in [-0.25, -0.2) is 9.59 Å². The van der Waals surface area contributed by atoms with Gasteiger partial charge in [0.15, 0.2) is 0 Å². The molecule has 0 saturated carbocycles. The molecule has 2 N–H and O–H groups in total. The molecule has 8 heteroatoms. The van der Waals surface area contributed by atoms with Gasteiger partial charge in [-0.15, -0.1) is 0 Å². The SMILES string of the molecule is CC(C)(C)OC(=O)Nc1cnccc1CCOC(=O)Nc1cccnc1. The minimum atomic E-state index is -0.597. The number of amides is 2. The van der Waals surface area contributed by atoms with E-state index in [1.807, 2.05) is 0 Å². The van der Waals surface area contributed by atoms with E-state index in [-0.39, 0.29) is 6.61 Å². The van der Waals surface area contributed by atoms with Crippen molar-refractivity contribution in [3.05, 3.63) is 48.5 Å². The molecule has 0 radical (unpaired) electrons. The quantitative estimate of drug-likeness (QED) is 0.846. The van der Waals surface area contributed by atoms with Crippen LogP contribution in [0.4, 0.5) is 21.0 Å². The molecule has 26 heavy (non-hydrogen) atoms. The first kappa shape index (κ1) is 19.2. The van der Waals surface area contributed by atoms with Crippen LogP contribution in [-0.2, 0) is 15.9 Å². The van der Waals surface area contributed by atoms with Crippen molar-refractivity contribution >= 4 is 23.6 Å². The maximum Gasteiger partial charge on any atom is 0.412 e. The van der Waals surface area contributed by atoms with Crippen LogP contribution in [0.15, 0.2) is 43.0 Å². The lowest BCUT2D eigenvalue weighted by Crippen LogP contribution is -2.27. The monoisotopic (exact) mass is 358 g/mol. The van der Waals surface area contributed by atoms with Gasteiger partial charge in [-0.05, 0) is 44.5 Å². The van der Waals surface area contributed by atoms with Gasteiger partial charge in [0, 0.05) is 18.8 Å². The van der Waals surface area contributed by atoms with Gasteiger partial charge in [0.05, 0.1) is 30.4 Å². The molecule has 0 aromatic carbocycles. The fourth-order valence-electron chi connectivity index (χ4n) is 2.01. The second-order valence-electron chi connectivity index (χ2n) is 6.41. The average molecular weight is 358 g/mol. The summed E-state index contributed by atoms with van der Waals surface area (Å²) in [4.78, 5) is 31.6. The molecule has 138 valence electrons. The number of carbonyl (C=O) groups excluding carboxylic acids is 2. The van der Waals surface area contributed by atoms with E-state index in [9.17, 15) is 9.59 Å². The molecule has 0 aliphatic rings. The standard InChI is InChI=1S/C18H22N4O4/c1-18(2,3)26-17(24)22-15-12-20-9-6-13(15)7-10-25-16(23)21-14-5-4-8-19-11-14/h4-6,8-9,11-12H,7,10H2,1-3H3,(H,21,23)(H,22,24). The minimum absolute atomic E-state index is 0.138. The van der Waals surface area contributed by atoms with Gasteiger partial charge in [0.2, 0.25) is 0 Å². The molecule has 0 aliphatic carbocycles. The summed E-state index contributed by atoms with van der Waals surface area (Å²) in [6.07, 6.45) is 5.52. The van der Waals surface area contributed by atoms with E-state index >= 15 is 0 Å². The lowest BCUT2D eigenvalue weighted by atomic mass is 10.1. The Morgan fingerprint density at radius 3 is 2.50 bits per heavy atom. The number of nitrogens with zero attached hydrogens (tertiary/aromatic N) is 2. The molecule has 0 unspecified atom stereocenters. The van der Waals surface area contributed by atoms with E-state index in [2.05, 4.69) is 20.6 Å². The third-order valence-electron chi connectivity index (χ3n) is 3.06. The maximum absolute atomic E-state index is 11.9. The third-order valence-corrected chi connectivity index (χ3v) is 3.06. The highest BCUT2D eigenvalue weighted by Gasteiger charge is 2.17. The molecule has 2 aromatic rings. The summed E-state index contributed by atoms with van der Waals surface area (Å²) in [5.41, 5.74) is 1.24. The highest BCUT2D eigenvalue weighted by Crippen LogP contribution is 2.16. The number of rotatable bonds is 5. The number of hydrogen-bond acceptors (Lipinski definition) is 6. The van der Waals surface area contributed by atoms with Crippen molar-refractivity contribution in [2.75, 3.05) is 17.2 Å². The summed E-state index contributed by atoms with van der Waals surface area (Å²) < 4.78 is 10.4. The topological polar surface area (TPSA) is 102 Å². The van der Waals surface area contributed by atoms with Crippen molar-refractivity contribution in [1.29, 1.82) is 0 Å². The Bertz CT molecular complexity index is 744. The fraction of sp³-hybridized carbons (Fsp3) is 0.333. The summed E-state index contributed by atoms with van der Waals surface area (Å²) in [7, 11) is 0. The molecule has 0 aliphatic heterocycles. The Morgan fingerprint density at radius 2 is 1.81 bits per heavy atom. The highest BCUT2D eigenvalue weighted by molar-refractivity contribution is 5.86. The Hall–Kier alpha value is -3.16. The first-order chi connectivity index (χ1) is 12.3. The molecule has 0 fully saturated rings. The molecule has 0 saturated heterocycles. The number of hydrogen-bond donors (Lipinski definition) is 2. The Balaban J connectivity index is 1.86. The summed E-state index contributed by atoms with van der Waals surface area (Å²) in [6.45, 7) is 5.49. The molecule has 2 heterocycles. The van der Waals surface area contributed by atoms with Crippen molar-refractivity contribution in [2.24, 2.45) is 0 Å². The van der Waals surface area contributed by atoms with E-state index in [1.165, 1.54) is 12.4 Å². The van der Waals surface area contributed by atoms with Crippen molar-refractivity contribution in [1.82, 2.24) is 9.97 Å². The maximum atomic E-state index is 11.9. The second-order valence-corrected chi connectivity index (χ2v) is 6.41. The lowest BCUT2D eigenvalue weighted by molar-refractivity contribution is 0.0635. The molecule has 2 amide bonds. The van der Waals surface area contributed by atoms with Crippen molar-refractivity contribution in [3.8, 4) is 0 Å². The zero-order valence-corrected chi connectivity index (χ0v) is 15.0. The van der Waals surface area contributed by atoms with Crippen LogP contribution in [0.3, 0.4) is 0 Å². The van der Waals surface area contributed by atoms with Crippen LogP contribution in [0.1, 0.15) is 26.3 Å². The molecular weight excluding hydrogens is 336 g/mol. The predicted octanol–water partition coefficient (Wildman–Crippen LogP) is 3.61. The number of aromatic nitrogens is 2. The van der Waals surface area contributed by atoms with E-state index in [1.54, 1.807) is 51.4 Å². The van der Waals surface area contributed by atoms with Crippen LogP contribution in [0.2, 0.25) is 0 Å².